The number of hydrogen-bond acceptors (Lipinski definition) is 0. The summed E-state index contributed by atoms with van der Waals surface area (Å²) in [7, 11) is 0. The van der Waals surface area contributed by atoms with E-state index in [0.29, 0.717) is 0 Å². The summed E-state index contributed by atoms with van der Waals surface area (Å²) in [5, 5.41) is 0. The molecule has 0 saturated carbocycles. The maximum Gasteiger partial charge on any atom is 0.0248 e. The van der Waals surface area contributed by atoms with Crippen LogP contribution in [0.2, 0.25) is 0 Å². The molecule has 0 bridgehead atoms. The van der Waals surface area contributed by atoms with Crippen LogP contribution in [0.5, 0.6) is 0 Å². The minimum Gasteiger partial charge on any atom is -0.0729 e. The minimum absolute atomic E-state index is 1.09. The van der Waals surface area contributed by atoms with Gasteiger partial charge in [0.2, 0.25) is 0 Å². The Kier molecular flexibility index (Phi) is 3.05. The molecule has 0 aliphatic heterocycles. The molecule has 15 heavy (non-hydrogen) atoms. The number of allylic oxidation sites excluding steroid dienone is 4. The van der Waals surface area contributed by atoms with E-state index in [1.807, 2.05) is 30.3 Å². The van der Waals surface area contributed by atoms with Crippen LogP contribution in [0.25, 0.3) is 0 Å². The SMILES string of the molecule is CC1=CC=C(C#Cc2ccccc2)CC1. The van der Waals surface area contributed by atoms with Crippen molar-refractivity contribution in [1.29, 1.82) is 0 Å². The van der Waals surface area contributed by atoms with Crippen molar-refractivity contribution in [2.45, 2.75) is 19.8 Å². The standard InChI is InChI=1S/C15H14/c1-13-7-9-15(10-8-13)12-11-14-5-3-2-4-6-14/h2-7,9H,8,10H2,1H3. The van der Waals surface area contributed by atoms with Crippen LogP contribution in [0.4, 0.5) is 0 Å². The lowest BCUT2D eigenvalue weighted by atomic mass is 10.00. The second-order valence-electron chi connectivity index (χ2n) is 3.82. The van der Waals surface area contributed by atoms with Gasteiger partial charge in [-0.05, 0) is 31.9 Å². The topological polar surface area (TPSA) is 0 Å². The molecular formula is C15H14. The van der Waals surface area contributed by atoms with Crippen molar-refractivity contribution in [2.24, 2.45) is 0 Å². The van der Waals surface area contributed by atoms with Crippen molar-refractivity contribution in [3.05, 3.63) is 59.2 Å². The number of rotatable bonds is 0. The van der Waals surface area contributed by atoms with Crippen LogP contribution in [-0.4, -0.2) is 0 Å². The molecule has 0 amide bonds. The fraction of sp³-hybridized carbons (Fsp3) is 0.200. The van der Waals surface area contributed by atoms with Gasteiger partial charge in [0, 0.05) is 11.1 Å². The third-order valence-electron chi connectivity index (χ3n) is 2.50. The Morgan fingerprint density at radius 2 is 1.73 bits per heavy atom. The zero-order valence-corrected chi connectivity index (χ0v) is 8.96. The Hall–Kier alpha value is -1.74. The molecule has 0 spiro atoms. The molecule has 0 atom stereocenters. The monoisotopic (exact) mass is 194 g/mol. The zero-order chi connectivity index (χ0) is 10.5. The molecule has 1 aromatic rings. The van der Waals surface area contributed by atoms with Gasteiger partial charge >= 0.3 is 0 Å². The van der Waals surface area contributed by atoms with E-state index in [2.05, 4.69) is 30.9 Å². The summed E-state index contributed by atoms with van der Waals surface area (Å²) in [6.07, 6.45) is 6.53. The second-order valence-corrected chi connectivity index (χ2v) is 3.82. The smallest absolute Gasteiger partial charge is 0.0248 e. The maximum atomic E-state index is 3.22. The van der Waals surface area contributed by atoms with Crippen molar-refractivity contribution >= 4 is 0 Å². The lowest BCUT2D eigenvalue weighted by molar-refractivity contribution is 0.934. The maximum absolute atomic E-state index is 3.22. The highest BCUT2D eigenvalue weighted by atomic mass is 14.0. The third kappa shape index (κ3) is 2.86. The van der Waals surface area contributed by atoms with Crippen LogP contribution >= 0.6 is 0 Å². The van der Waals surface area contributed by atoms with Crippen LogP contribution in [-0.2, 0) is 0 Å². The van der Waals surface area contributed by atoms with E-state index in [1.54, 1.807) is 0 Å². The molecule has 1 aromatic carbocycles. The predicted octanol–water partition coefficient (Wildman–Crippen LogP) is 3.70. The Labute approximate surface area is 91.3 Å². The van der Waals surface area contributed by atoms with Gasteiger partial charge in [0.25, 0.3) is 0 Å². The van der Waals surface area contributed by atoms with Crippen molar-refractivity contribution < 1.29 is 0 Å². The summed E-state index contributed by atoms with van der Waals surface area (Å²) in [6.45, 7) is 2.16. The Morgan fingerprint density at radius 3 is 2.40 bits per heavy atom. The van der Waals surface area contributed by atoms with Crippen LogP contribution in [0.15, 0.2) is 53.6 Å². The quantitative estimate of drug-likeness (QED) is 0.552. The Balaban J connectivity index is 2.13. The first-order chi connectivity index (χ1) is 7.34. The van der Waals surface area contributed by atoms with E-state index in [-0.39, 0.29) is 0 Å². The fourth-order valence-electron chi connectivity index (χ4n) is 1.52. The van der Waals surface area contributed by atoms with Crippen LogP contribution < -0.4 is 0 Å². The van der Waals surface area contributed by atoms with Gasteiger partial charge in [0.1, 0.15) is 0 Å². The summed E-state index contributed by atoms with van der Waals surface area (Å²) in [4.78, 5) is 0. The van der Waals surface area contributed by atoms with Gasteiger partial charge in [-0.1, -0.05) is 47.8 Å². The van der Waals surface area contributed by atoms with Crippen LogP contribution in [0.1, 0.15) is 25.3 Å². The first kappa shape index (κ1) is 9.80. The first-order valence-electron chi connectivity index (χ1n) is 5.28. The predicted molar refractivity (Wildman–Crippen MR) is 64.4 cm³/mol. The molecule has 0 aromatic heterocycles. The fourth-order valence-corrected chi connectivity index (χ4v) is 1.52. The summed E-state index contributed by atoms with van der Waals surface area (Å²) >= 11 is 0. The molecule has 0 nitrogen and oxygen atoms in total. The molecule has 0 radical (unpaired) electrons. The van der Waals surface area contributed by atoms with Crippen molar-refractivity contribution in [2.75, 3.05) is 0 Å². The summed E-state index contributed by atoms with van der Waals surface area (Å²) < 4.78 is 0. The van der Waals surface area contributed by atoms with Gasteiger partial charge in [-0.2, -0.15) is 0 Å². The zero-order valence-electron chi connectivity index (χ0n) is 8.96. The first-order valence-corrected chi connectivity index (χ1v) is 5.28. The molecule has 1 aliphatic carbocycles. The van der Waals surface area contributed by atoms with E-state index in [9.17, 15) is 0 Å². The average Bonchev–Trinajstić information content (AvgIpc) is 2.30. The van der Waals surface area contributed by atoms with Gasteiger partial charge < -0.3 is 0 Å². The average molecular weight is 194 g/mol. The van der Waals surface area contributed by atoms with E-state index in [1.165, 1.54) is 11.1 Å². The van der Waals surface area contributed by atoms with Crippen molar-refractivity contribution in [3.8, 4) is 11.8 Å². The summed E-state index contributed by atoms with van der Waals surface area (Å²) in [5.74, 6) is 6.41. The molecular weight excluding hydrogens is 180 g/mol. The van der Waals surface area contributed by atoms with Gasteiger partial charge in [-0.25, -0.2) is 0 Å². The number of benzene rings is 1. The van der Waals surface area contributed by atoms with Crippen molar-refractivity contribution in [3.63, 3.8) is 0 Å². The van der Waals surface area contributed by atoms with Gasteiger partial charge in [-0.3, -0.25) is 0 Å². The van der Waals surface area contributed by atoms with Crippen LogP contribution in [0.3, 0.4) is 0 Å². The van der Waals surface area contributed by atoms with E-state index in [0.717, 1.165) is 18.4 Å². The number of hydrogen-bond donors (Lipinski definition) is 0. The van der Waals surface area contributed by atoms with Crippen LogP contribution in [0, 0.1) is 11.8 Å². The molecule has 1 aliphatic rings. The molecule has 0 fully saturated rings. The van der Waals surface area contributed by atoms with Gasteiger partial charge in [0.05, 0.1) is 0 Å². The minimum atomic E-state index is 1.09. The highest BCUT2D eigenvalue weighted by Crippen LogP contribution is 2.16. The van der Waals surface area contributed by atoms with Crippen molar-refractivity contribution in [1.82, 2.24) is 0 Å². The molecule has 0 saturated heterocycles. The largest absolute Gasteiger partial charge is 0.0729 e. The normalized spacial score (nSPS) is 14.7. The Bertz CT molecular complexity index is 450. The van der Waals surface area contributed by atoms with E-state index < -0.39 is 0 Å². The lowest BCUT2D eigenvalue weighted by Gasteiger charge is -2.05. The second kappa shape index (κ2) is 4.66. The highest BCUT2D eigenvalue weighted by Gasteiger charge is 1.99. The highest BCUT2D eigenvalue weighted by molar-refractivity contribution is 5.43. The van der Waals surface area contributed by atoms with E-state index >= 15 is 0 Å². The molecule has 2 rings (SSSR count). The molecule has 0 heteroatoms. The lowest BCUT2D eigenvalue weighted by Crippen LogP contribution is -1.88. The third-order valence-corrected chi connectivity index (χ3v) is 2.50. The van der Waals surface area contributed by atoms with Gasteiger partial charge in [0.15, 0.2) is 0 Å². The van der Waals surface area contributed by atoms with E-state index in [4.69, 9.17) is 0 Å². The molecule has 0 unspecified atom stereocenters. The summed E-state index contributed by atoms with van der Waals surface area (Å²) in [5.41, 5.74) is 3.77. The summed E-state index contributed by atoms with van der Waals surface area (Å²) in [6, 6.07) is 10.1. The molecule has 74 valence electrons. The van der Waals surface area contributed by atoms with Gasteiger partial charge in [-0.15, -0.1) is 0 Å². The Morgan fingerprint density at radius 1 is 0.933 bits per heavy atom. The molecule has 0 N–H and O–H groups in total. The molecule has 0 heterocycles.